The second kappa shape index (κ2) is 11.9. The van der Waals surface area contributed by atoms with E-state index in [2.05, 4.69) is 20.4 Å². The molecule has 0 saturated heterocycles. The van der Waals surface area contributed by atoms with Gasteiger partial charge in [0.25, 0.3) is 0 Å². The SMILES string of the molecule is CCNC(=NCc1cccs1)NCCCOCC(F)(F)F.I. The third-order valence-electron chi connectivity index (χ3n) is 2.34. The minimum absolute atomic E-state index is 0. The lowest BCUT2D eigenvalue weighted by Gasteiger charge is -2.11. The van der Waals surface area contributed by atoms with E-state index in [1.807, 2.05) is 24.4 Å². The third kappa shape index (κ3) is 11.1. The lowest BCUT2D eigenvalue weighted by Crippen LogP contribution is -2.38. The van der Waals surface area contributed by atoms with E-state index < -0.39 is 12.8 Å². The predicted molar refractivity (Wildman–Crippen MR) is 94.0 cm³/mol. The van der Waals surface area contributed by atoms with Crippen molar-refractivity contribution in [2.75, 3.05) is 26.3 Å². The summed E-state index contributed by atoms with van der Waals surface area (Å²) in [6, 6.07) is 3.97. The van der Waals surface area contributed by atoms with Gasteiger partial charge in [0.05, 0.1) is 6.54 Å². The Kier molecular flexibility index (Phi) is 11.6. The minimum atomic E-state index is -4.26. The first-order chi connectivity index (χ1) is 10.0. The lowest BCUT2D eigenvalue weighted by molar-refractivity contribution is -0.173. The summed E-state index contributed by atoms with van der Waals surface area (Å²) >= 11 is 1.63. The summed E-state index contributed by atoms with van der Waals surface area (Å²) in [5.41, 5.74) is 0. The van der Waals surface area contributed by atoms with E-state index in [0.29, 0.717) is 25.5 Å². The van der Waals surface area contributed by atoms with Crippen LogP contribution in [0.4, 0.5) is 13.2 Å². The van der Waals surface area contributed by atoms with E-state index >= 15 is 0 Å². The summed E-state index contributed by atoms with van der Waals surface area (Å²) in [6.07, 6.45) is -3.77. The highest BCUT2D eigenvalue weighted by Gasteiger charge is 2.27. The summed E-state index contributed by atoms with van der Waals surface area (Å²) in [5, 5.41) is 8.14. The van der Waals surface area contributed by atoms with Crippen LogP contribution in [0.15, 0.2) is 22.5 Å². The van der Waals surface area contributed by atoms with Gasteiger partial charge < -0.3 is 15.4 Å². The Labute approximate surface area is 149 Å². The van der Waals surface area contributed by atoms with Gasteiger partial charge >= 0.3 is 6.18 Å². The molecule has 0 unspecified atom stereocenters. The Morgan fingerprint density at radius 2 is 2.14 bits per heavy atom. The molecule has 0 aliphatic rings. The number of thiophene rings is 1. The van der Waals surface area contributed by atoms with Gasteiger partial charge in [0.2, 0.25) is 0 Å². The molecule has 1 heterocycles. The van der Waals surface area contributed by atoms with Crippen molar-refractivity contribution in [3.63, 3.8) is 0 Å². The molecule has 0 saturated carbocycles. The molecule has 0 aliphatic heterocycles. The van der Waals surface area contributed by atoms with Gasteiger partial charge in [0.1, 0.15) is 6.61 Å². The van der Waals surface area contributed by atoms with E-state index in [4.69, 9.17) is 0 Å². The topological polar surface area (TPSA) is 45.7 Å². The van der Waals surface area contributed by atoms with Crippen LogP contribution in [0.5, 0.6) is 0 Å². The molecule has 4 nitrogen and oxygen atoms in total. The standard InChI is InChI=1S/C13H20F3N3OS.HI/c1-2-17-12(19-9-11-5-3-8-21-11)18-6-4-7-20-10-13(14,15)16;/h3,5,8H,2,4,6-7,9-10H2,1H3,(H2,17,18,19);1H. The Morgan fingerprint density at radius 1 is 1.36 bits per heavy atom. The number of hydrogen-bond donors (Lipinski definition) is 2. The quantitative estimate of drug-likeness (QED) is 0.276. The lowest BCUT2D eigenvalue weighted by atomic mass is 10.4. The Morgan fingerprint density at radius 3 is 2.73 bits per heavy atom. The molecule has 0 aliphatic carbocycles. The van der Waals surface area contributed by atoms with E-state index in [0.717, 1.165) is 11.4 Å². The molecule has 0 spiro atoms. The molecule has 0 radical (unpaired) electrons. The molecule has 0 atom stereocenters. The van der Waals surface area contributed by atoms with Gasteiger partial charge in [-0.3, -0.25) is 0 Å². The molecule has 0 amide bonds. The van der Waals surface area contributed by atoms with Crippen LogP contribution in [0.25, 0.3) is 0 Å². The van der Waals surface area contributed by atoms with Gasteiger partial charge in [-0.2, -0.15) is 13.2 Å². The van der Waals surface area contributed by atoms with Crippen LogP contribution in [0.1, 0.15) is 18.2 Å². The fourth-order valence-electron chi connectivity index (χ4n) is 1.47. The zero-order valence-electron chi connectivity index (χ0n) is 12.3. The van der Waals surface area contributed by atoms with Crippen LogP contribution < -0.4 is 10.6 Å². The number of alkyl halides is 3. The van der Waals surface area contributed by atoms with Gasteiger partial charge in [0, 0.05) is 24.6 Å². The van der Waals surface area contributed by atoms with Gasteiger partial charge in [-0.15, -0.1) is 35.3 Å². The monoisotopic (exact) mass is 451 g/mol. The zero-order chi connectivity index (χ0) is 15.6. The number of hydrogen-bond acceptors (Lipinski definition) is 3. The largest absolute Gasteiger partial charge is 0.411 e. The summed E-state index contributed by atoms with van der Waals surface area (Å²) in [5.74, 6) is 0.654. The van der Waals surface area contributed by atoms with Crippen molar-refractivity contribution in [3.8, 4) is 0 Å². The number of aliphatic imine (C=N–C) groups is 1. The molecule has 9 heteroatoms. The van der Waals surface area contributed by atoms with Crippen molar-refractivity contribution in [1.82, 2.24) is 10.6 Å². The Balaban J connectivity index is 0.00000441. The summed E-state index contributed by atoms with van der Waals surface area (Å²) in [6.45, 7) is 2.64. The average Bonchev–Trinajstić information content (AvgIpc) is 2.91. The van der Waals surface area contributed by atoms with Crippen molar-refractivity contribution in [1.29, 1.82) is 0 Å². The smallest absolute Gasteiger partial charge is 0.372 e. The maximum absolute atomic E-state index is 11.9. The number of halogens is 4. The van der Waals surface area contributed by atoms with Crippen LogP contribution >= 0.6 is 35.3 Å². The van der Waals surface area contributed by atoms with Crippen molar-refractivity contribution in [3.05, 3.63) is 22.4 Å². The normalized spacial score (nSPS) is 11.9. The van der Waals surface area contributed by atoms with Crippen molar-refractivity contribution >= 4 is 41.3 Å². The predicted octanol–water partition coefficient (Wildman–Crippen LogP) is 3.39. The highest BCUT2D eigenvalue weighted by Crippen LogP contribution is 2.14. The van der Waals surface area contributed by atoms with E-state index in [1.165, 1.54) is 0 Å². The van der Waals surface area contributed by atoms with Crippen molar-refractivity contribution in [2.24, 2.45) is 4.99 Å². The van der Waals surface area contributed by atoms with Crippen molar-refractivity contribution in [2.45, 2.75) is 26.1 Å². The maximum Gasteiger partial charge on any atom is 0.411 e. The first kappa shape index (κ1) is 21.4. The van der Waals surface area contributed by atoms with Gasteiger partial charge in [0.15, 0.2) is 5.96 Å². The Bertz CT molecular complexity index is 413. The molecular weight excluding hydrogens is 430 g/mol. The van der Waals surface area contributed by atoms with Gasteiger partial charge in [-0.05, 0) is 24.8 Å². The molecule has 22 heavy (non-hydrogen) atoms. The van der Waals surface area contributed by atoms with Crippen LogP contribution in [0.2, 0.25) is 0 Å². The molecule has 128 valence electrons. The molecule has 0 fully saturated rings. The van der Waals surface area contributed by atoms with E-state index in [-0.39, 0.29) is 30.6 Å². The highest BCUT2D eigenvalue weighted by atomic mass is 127. The number of ether oxygens (including phenoxy) is 1. The molecule has 1 aromatic heterocycles. The fraction of sp³-hybridized carbons (Fsp3) is 0.615. The third-order valence-corrected chi connectivity index (χ3v) is 3.20. The molecule has 2 N–H and O–H groups in total. The second-order valence-corrected chi connectivity index (χ2v) is 5.25. The molecule has 0 aromatic carbocycles. The van der Waals surface area contributed by atoms with E-state index in [9.17, 15) is 13.2 Å². The van der Waals surface area contributed by atoms with Crippen LogP contribution in [0.3, 0.4) is 0 Å². The number of rotatable bonds is 8. The molecule has 0 bridgehead atoms. The summed E-state index contributed by atoms with van der Waals surface area (Å²) in [7, 11) is 0. The zero-order valence-corrected chi connectivity index (χ0v) is 15.4. The van der Waals surface area contributed by atoms with Crippen LogP contribution in [-0.4, -0.2) is 38.4 Å². The molecule has 1 rings (SSSR count). The van der Waals surface area contributed by atoms with E-state index in [1.54, 1.807) is 11.3 Å². The fourth-order valence-corrected chi connectivity index (χ4v) is 2.10. The highest BCUT2D eigenvalue weighted by molar-refractivity contribution is 14.0. The summed E-state index contributed by atoms with van der Waals surface area (Å²) in [4.78, 5) is 5.55. The van der Waals surface area contributed by atoms with Crippen LogP contribution in [-0.2, 0) is 11.3 Å². The first-order valence-electron chi connectivity index (χ1n) is 6.70. The second-order valence-electron chi connectivity index (χ2n) is 4.22. The minimum Gasteiger partial charge on any atom is -0.372 e. The number of nitrogens with one attached hydrogen (secondary N) is 2. The molecule has 1 aromatic rings. The van der Waals surface area contributed by atoms with Crippen LogP contribution in [0, 0.1) is 0 Å². The number of nitrogens with zero attached hydrogens (tertiary/aromatic N) is 1. The summed E-state index contributed by atoms with van der Waals surface area (Å²) < 4.78 is 40.1. The van der Waals surface area contributed by atoms with Gasteiger partial charge in [-0.25, -0.2) is 4.99 Å². The average molecular weight is 451 g/mol. The number of guanidine groups is 1. The van der Waals surface area contributed by atoms with Gasteiger partial charge in [-0.1, -0.05) is 6.07 Å². The molecular formula is C13H21F3IN3OS. The Hall–Kier alpha value is -0.550. The first-order valence-corrected chi connectivity index (χ1v) is 7.58. The van der Waals surface area contributed by atoms with Crippen molar-refractivity contribution < 1.29 is 17.9 Å². The maximum atomic E-state index is 11.9.